The van der Waals surface area contributed by atoms with Crippen LogP contribution in [-0.2, 0) is 4.74 Å². The molecule has 2 atom stereocenters. The minimum absolute atomic E-state index is 0.330. The predicted octanol–water partition coefficient (Wildman–Crippen LogP) is 1.57. The quantitative estimate of drug-likeness (QED) is 0.774. The zero-order chi connectivity index (χ0) is 13.5. The predicted molar refractivity (Wildman–Crippen MR) is 72.8 cm³/mol. The molecule has 1 aromatic rings. The lowest BCUT2D eigenvalue weighted by Crippen LogP contribution is -2.31. The van der Waals surface area contributed by atoms with Crippen LogP contribution in [0.1, 0.15) is 25.0 Å². The number of rotatable bonds is 7. The van der Waals surface area contributed by atoms with E-state index >= 15 is 0 Å². The van der Waals surface area contributed by atoms with Crippen LogP contribution in [0.15, 0.2) is 24.3 Å². The van der Waals surface area contributed by atoms with Crippen LogP contribution < -0.4 is 4.90 Å². The van der Waals surface area contributed by atoms with E-state index in [0.717, 1.165) is 11.3 Å². The average Bonchev–Trinajstić information content (AvgIpc) is 2.38. The van der Waals surface area contributed by atoms with Gasteiger partial charge in [0, 0.05) is 26.4 Å². The van der Waals surface area contributed by atoms with Crippen molar-refractivity contribution < 1.29 is 14.9 Å². The molecule has 0 aliphatic rings. The van der Waals surface area contributed by atoms with Gasteiger partial charge in [0.15, 0.2) is 0 Å². The van der Waals surface area contributed by atoms with Crippen LogP contribution in [0.2, 0.25) is 0 Å². The molecule has 0 heterocycles. The largest absolute Gasteiger partial charge is 0.389 e. The van der Waals surface area contributed by atoms with Crippen molar-refractivity contribution in [3.63, 3.8) is 0 Å². The summed E-state index contributed by atoms with van der Waals surface area (Å²) in [5.74, 6) is 0. The second-order valence-corrected chi connectivity index (χ2v) is 4.51. The van der Waals surface area contributed by atoms with Gasteiger partial charge in [0.1, 0.15) is 0 Å². The van der Waals surface area contributed by atoms with Crippen molar-refractivity contribution in [2.45, 2.75) is 25.6 Å². The summed E-state index contributed by atoms with van der Waals surface area (Å²) in [5, 5.41) is 19.4. The van der Waals surface area contributed by atoms with Gasteiger partial charge < -0.3 is 19.8 Å². The van der Waals surface area contributed by atoms with Crippen LogP contribution in [0.25, 0.3) is 0 Å². The highest BCUT2D eigenvalue weighted by Crippen LogP contribution is 2.20. The summed E-state index contributed by atoms with van der Waals surface area (Å²) < 4.78 is 4.90. The molecule has 2 N–H and O–H groups in total. The molecule has 102 valence electrons. The standard InChI is InChI=1S/C14H23NO3/c1-4-14(17)11-5-7-12(8-6-11)15(2)9-13(16)10-18-3/h5-8,13-14,16-17H,4,9-10H2,1-3H3. The highest BCUT2D eigenvalue weighted by atomic mass is 16.5. The van der Waals surface area contributed by atoms with E-state index in [4.69, 9.17) is 4.74 Å². The molecule has 4 heteroatoms. The summed E-state index contributed by atoms with van der Waals surface area (Å²) in [7, 11) is 3.49. The second kappa shape index (κ2) is 7.36. The molecule has 0 bridgehead atoms. The summed E-state index contributed by atoms with van der Waals surface area (Å²) in [5.41, 5.74) is 1.93. The first kappa shape index (κ1) is 15.0. The van der Waals surface area contributed by atoms with Crippen molar-refractivity contribution in [1.82, 2.24) is 0 Å². The first-order chi connectivity index (χ1) is 8.58. The second-order valence-electron chi connectivity index (χ2n) is 4.51. The Hall–Kier alpha value is -1.10. The number of ether oxygens (including phenoxy) is 1. The van der Waals surface area contributed by atoms with Gasteiger partial charge in [0.25, 0.3) is 0 Å². The molecule has 0 aromatic heterocycles. The third-order valence-corrected chi connectivity index (χ3v) is 2.95. The van der Waals surface area contributed by atoms with Crippen molar-refractivity contribution >= 4 is 5.69 Å². The molecule has 0 amide bonds. The van der Waals surface area contributed by atoms with E-state index in [0.29, 0.717) is 19.6 Å². The first-order valence-electron chi connectivity index (χ1n) is 6.24. The number of anilines is 1. The van der Waals surface area contributed by atoms with Crippen LogP contribution in [0.3, 0.4) is 0 Å². The first-order valence-corrected chi connectivity index (χ1v) is 6.24. The van der Waals surface area contributed by atoms with Crippen LogP contribution in [0.5, 0.6) is 0 Å². The summed E-state index contributed by atoms with van der Waals surface area (Å²) in [6, 6.07) is 7.74. The molecule has 2 unspecified atom stereocenters. The van der Waals surface area contributed by atoms with Crippen molar-refractivity contribution in [3.05, 3.63) is 29.8 Å². The number of hydrogen-bond acceptors (Lipinski definition) is 4. The molecule has 0 spiro atoms. The Kier molecular flexibility index (Phi) is 6.12. The van der Waals surface area contributed by atoms with E-state index in [2.05, 4.69) is 0 Å². The van der Waals surface area contributed by atoms with Gasteiger partial charge in [0.2, 0.25) is 0 Å². The number of hydrogen-bond donors (Lipinski definition) is 2. The molecule has 0 saturated carbocycles. The summed E-state index contributed by atoms with van der Waals surface area (Å²) in [4.78, 5) is 1.96. The fourth-order valence-electron chi connectivity index (χ4n) is 1.85. The highest BCUT2D eigenvalue weighted by molar-refractivity contribution is 5.47. The lowest BCUT2D eigenvalue weighted by molar-refractivity contribution is 0.0695. The monoisotopic (exact) mass is 253 g/mol. The minimum Gasteiger partial charge on any atom is -0.389 e. The molecule has 0 aliphatic carbocycles. The molecule has 0 aliphatic heterocycles. The fourth-order valence-corrected chi connectivity index (χ4v) is 1.85. The van der Waals surface area contributed by atoms with Crippen molar-refractivity contribution in [3.8, 4) is 0 Å². The fraction of sp³-hybridized carbons (Fsp3) is 0.571. The maximum Gasteiger partial charge on any atom is 0.0947 e. The normalized spacial score (nSPS) is 14.3. The topological polar surface area (TPSA) is 52.9 Å². The van der Waals surface area contributed by atoms with Gasteiger partial charge in [-0.05, 0) is 24.1 Å². The maximum atomic E-state index is 9.70. The Morgan fingerprint density at radius 3 is 2.33 bits per heavy atom. The Morgan fingerprint density at radius 2 is 1.83 bits per heavy atom. The third kappa shape index (κ3) is 4.29. The molecule has 18 heavy (non-hydrogen) atoms. The van der Waals surface area contributed by atoms with Crippen LogP contribution in [0, 0.1) is 0 Å². The lowest BCUT2D eigenvalue weighted by Gasteiger charge is -2.23. The molecular weight excluding hydrogens is 230 g/mol. The molecular formula is C14H23NO3. The van der Waals surface area contributed by atoms with E-state index in [1.807, 2.05) is 43.1 Å². The minimum atomic E-state index is -0.499. The van der Waals surface area contributed by atoms with E-state index < -0.39 is 12.2 Å². The van der Waals surface area contributed by atoms with Crippen molar-refractivity contribution in [2.24, 2.45) is 0 Å². The molecule has 4 nitrogen and oxygen atoms in total. The molecule has 0 saturated heterocycles. The highest BCUT2D eigenvalue weighted by Gasteiger charge is 2.09. The Morgan fingerprint density at radius 1 is 1.22 bits per heavy atom. The number of aliphatic hydroxyl groups is 2. The number of likely N-dealkylation sites (N-methyl/N-ethyl adjacent to an activating group) is 1. The van der Waals surface area contributed by atoms with Gasteiger partial charge in [-0.2, -0.15) is 0 Å². The summed E-state index contributed by atoms with van der Waals surface area (Å²) >= 11 is 0. The molecule has 1 rings (SSSR count). The third-order valence-electron chi connectivity index (χ3n) is 2.95. The Labute approximate surface area is 109 Å². The number of methoxy groups -OCH3 is 1. The van der Waals surface area contributed by atoms with Crippen molar-refractivity contribution in [1.29, 1.82) is 0 Å². The van der Waals surface area contributed by atoms with Gasteiger partial charge >= 0.3 is 0 Å². The molecule has 0 fully saturated rings. The van der Waals surface area contributed by atoms with E-state index in [1.54, 1.807) is 7.11 Å². The Bertz CT molecular complexity index is 339. The maximum absolute atomic E-state index is 9.70. The smallest absolute Gasteiger partial charge is 0.0947 e. The Balaban J connectivity index is 2.61. The van der Waals surface area contributed by atoms with E-state index in [-0.39, 0.29) is 0 Å². The number of aliphatic hydroxyl groups excluding tert-OH is 2. The SMILES string of the molecule is CCC(O)c1ccc(N(C)CC(O)COC)cc1. The average molecular weight is 253 g/mol. The zero-order valence-electron chi connectivity index (χ0n) is 11.3. The number of nitrogens with zero attached hydrogens (tertiary/aromatic N) is 1. The van der Waals surface area contributed by atoms with Gasteiger partial charge in [-0.1, -0.05) is 19.1 Å². The van der Waals surface area contributed by atoms with Gasteiger partial charge in [-0.15, -0.1) is 0 Å². The summed E-state index contributed by atoms with van der Waals surface area (Å²) in [6.07, 6.45) is -0.189. The lowest BCUT2D eigenvalue weighted by atomic mass is 10.1. The molecule has 1 aromatic carbocycles. The van der Waals surface area contributed by atoms with Crippen LogP contribution in [-0.4, -0.2) is 43.6 Å². The van der Waals surface area contributed by atoms with E-state index in [1.165, 1.54) is 0 Å². The van der Waals surface area contributed by atoms with Crippen molar-refractivity contribution in [2.75, 3.05) is 32.2 Å². The van der Waals surface area contributed by atoms with E-state index in [9.17, 15) is 10.2 Å². The van der Waals surface area contributed by atoms with Gasteiger partial charge in [0.05, 0.1) is 18.8 Å². The zero-order valence-corrected chi connectivity index (χ0v) is 11.3. The van der Waals surface area contributed by atoms with Crippen LogP contribution in [0.4, 0.5) is 5.69 Å². The number of benzene rings is 1. The molecule has 0 radical (unpaired) electrons. The van der Waals surface area contributed by atoms with Gasteiger partial charge in [-0.3, -0.25) is 0 Å². The summed E-state index contributed by atoms with van der Waals surface area (Å²) in [6.45, 7) is 2.80. The van der Waals surface area contributed by atoms with Crippen LogP contribution >= 0.6 is 0 Å². The van der Waals surface area contributed by atoms with Gasteiger partial charge in [-0.25, -0.2) is 0 Å².